The van der Waals surface area contributed by atoms with Crippen LogP contribution in [0.15, 0.2) is 0 Å². The number of methoxy groups -OCH3 is 1. The molecule has 16 heavy (non-hydrogen) atoms. The molecule has 0 amide bonds. The molecule has 0 saturated carbocycles. The lowest BCUT2D eigenvalue weighted by Crippen LogP contribution is -2.29. The molecule has 1 N–H and O–H groups in total. The highest BCUT2D eigenvalue weighted by Crippen LogP contribution is 2.11. The Morgan fingerprint density at radius 1 is 1.12 bits per heavy atom. The quantitative estimate of drug-likeness (QED) is 0.586. The molecule has 0 aromatic rings. The molecule has 0 heterocycles. The molecule has 0 aromatic carbocycles. The summed E-state index contributed by atoms with van der Waals surface area (Å²) in [5.41, 5.74) is -0.00620. The standard InChI is InChI=1S/C13H29NO2/c1-12(2)16-11-7-6-9-14-10-8-13(3,4)15-5/h12,14H,6-11H2,1-5H3. The SMILES string of the molecule is COC(C)(C)CCNCCCCOC(C)C. The third kappa shape index (κ3) is 10.4. The lowest BCUT2D eigenvalue weighted by Gasteiger charge is -2.22. The summed E-state index contributed by atoms with van der Waals surface area (Å²) in [7, 11) is 1.77. The van der Waals surface area contributed by atoms with E-state index in [4.69, 9.17) is 9.47 Å². The first-order chi connectivity index (χ1) is 7.48. The van der Waals surface area contributed by atoms with E-state index in [1.54, 1.807) is 7.11 Å². The summed E-state index contributed by atoms with van der Waals surface area (Å²) in [6.07, 6.45) is 3.72. The molecule has 0 fully saturated rings. The molecular weight excluding hydrogens is 202 g/mol. The number of hydrogen-bond donors (Lipinski definition) is 1. The Labute approximate surface area is 101 Å². The van der Waals surface area contributed by atoms with Crippen molar-refractivity contribution in [1.29, 1.82) is 0 Å². The van der Waals surface area contributed by atoms with E-state index in [9.17, 15) is 0 Å². The van der Waals surface area contributed by atoms with Crippen molar-refractivity contribution >= 4 is 0 Å². The predicted octanol–water partition coefficient (Wildman–Crippen LogP) is 2.60. The molecule has 0 aromatic heterocycles. The molecule has 0 unspecified atom stereocenters. The number of ether oxygens (including phenoxy) is 2. The molecule has 0 radical (unpaired) electrons. The minimum Gasteiger partial charge on any atom is -0.379 e. The van der Waals surface area contributed by atoms with Crippen molar-refractivity contribution in [2.24, 2.45) is 0 Å². The Morgan fingerprint density at radius 2 is 1.81 bits per heavy atom. The second kappa shape index (κ2) is 8.97. The van der Waals surface area contributed by atoms with Gasteiger partial charge in [0.05, 0.1) is 11.7 Å². The van der Waals surface area contributed by atoms with Crippen LogP contribution in [0.5, 0.6) is 0 Å². The average Bonchev–Trinajstić information content (AvgIpc) is 2.21. The fourth-order valence-corrected chi connectivity index (χ4v) is 1.29. The Morgan fingerprint density at radius 3 is 2.38 bits per heavy atom. The van der Waals surface area contributed by atoms with Gasteiger partial charge >= 0.3 is 0 Å². The zero-order valence-corrected chi connectivity index (χ0v) is 11.6. The van der Waals surface area contributed by atoms with Gasteiger partial charge in [-0.25, -0.2) is 0 Å². The van der Waals surface area contributed by atoms with Gasteiger partial charge in [0.15, 0.2) is 0 Å². The lowest BCUT2D eigenvalue weighted by atomic mass is 10.1. The van der Waals surface area contributed by atoms with Crippen LogP contribution in [0.4, 0.5) is 0 Å². The van der Waals surface area contributed by atoms with Gasteiger partial charge in [-0.05, 0) is 60.0 Å². The van der Waals surface area contributed by atoms with Gasteiger partial charge in [0.25, 0.3) is 0 Å². The van der Waals surface area contributed by atoms with Crippen LogP contribution in [-0.4, -0.2) is 38.5 Å². The topological polar surface area (TPSA) is 30.5 Å². The maximum atomic E-state index is 5.47. The van der Waals surface area contributed by atoms with Gasteiger partial charge in [-0.1, -0.05) is 0 Å². The Hall–Kier alpha value is -0.120. The van der Waals surface area contributed by atoms with Gasteiger partial charge in [-0.2, -0.15) is 0 Å². The van der Waals surface area contributed by atoms with Gasteiger partial charge in [0.2, 0.25) is 0 Å². The van der Waals surface area contributed by atoms with E-state index in [-0.39, 0.29) is 5.60 Å². The number of rotatable bonds is 10. The smallest absolute Gasteiger partial charge is 0.0634 e. The van der Waals surface area contributed by atoms with Crippen LogP contribution >= 0.6 is 0 Å². The second-order valence-electron chi connectivity index (χ2n) is 5.09. The Kier molecular flexibility index (Phi) is 8.90. The van der Waals surface area contributed by atoms with E-state index in [1.807, 2.05) is 0 Å². The first-order valence-corrected chi connectivity index (χ1v) is 6.35. The van der Waals surface area contributed by atoms with Crippen LogP contribution in [0.2, 0.25) is 0 Å². The number of unbranched alkanes of at least 4 members (excludes halogenated alkanes) is 1. The van der Waals surface area contributed by atoms with E-state index >= 15 is 0 Å². The van der Waals surface area contributed by atoms with Crippen LogP contribution in [0.25, 0.3) is 0 Å². The van der Waals surface area contributed by atoms with Gasteiger partial charge in [-0.15, -0.1) is 0 Å². The van der Waals surface area contributed by atoms with Crippen molar-refractivity contribution in [3.05, 3.63) is 0 Å². The van der Waals surface area contributed by atoms with Crippen LogP contribution in [0.1, 0.15) is 47.0 Å². The Balaban J connectivity index is 3.16. The molecule has 98 valence electrons. The molecule has 0 rings (SSSR count). The van der Waals surface area contributed by atoms with Gasteiger partial charge in [-0.3, -0.25) is 0 Å². The zero-order chi connectivity index (χ0) is 12.4. The van der Waals surface area contributed by atoms with E-state index in [0.717, 1.165) is 32.5 Å². The van der Waals surface area contributed by atoms with E-state index in [1.165, 1.54) is 6.42 Å². The molecule has 0 bridgehead atoms. The summed E-state index contributed by atoms with van der Waals surface area (Å²) < 4.78 is 10.8. The zero-order valence-electron chi connectivity index (χ0n) is 11.6. The highest BCUT2D eigenvalue weighted by Gasteiger charge is 2.14. The average molecular weight is 231 g/mol. The molecule has 3 heteroatoms. The first kappa shape index (κ1) is 15.9. The second-order valence-corrected chi connectivity index (χ2v) is 5.09. The summed E-state index contributed by atoms with van der Waals surface area (Å²) in [5, 5.41) is 3.43. The van der Waals surface area contributed by atoms with Crippen molar-refractivity contribution in [2.45, 2.75) is 58.7 Å². The maximum absolute atomic E-state index is 5.47. The normalized spacial score (nSPS) is 12.4. The Bertz CT molecular complexity index is 158. The predicted molar refractivity (Wildman–Crippen MR) is 68.9 cm³/mol. The van der Waals surface area contributed by atoms with Crippen LogP contribution in [-0.2, 0) is 9.47 Å². The minimum absolute atomic E-state index is 0.00620. The largest absolute Gasteiger partial charge is 0.379 e. The summed E-state index contributed by atoms with van der Waals surface area (Å²) in [6.45, 7) is 11.3. The highest BCUT2D eigenvalue weighted by molar-refractivity contribution is 4.68. The fraction of sp³-hybridized carbons (Fsp3) is 1.00. The van der Waals surface area contributed by atoms with Crippen molar-refractivity contribution in [2.75, 3.05) is 26.8 Å². The van der Waals surface area contributed by atoms with Crippen molar-refractivity contribution < 1.29 is 9.47 Å². The van der Waals surface area contributed by atoms with Crippen molar-refractivity contribution in [1.82, 2.24) is 5.32 Å². The molecule has 0 aliphatic heterocycles. The summed E-state index contributed by atoms with van der Waals surface area (Å²) in [6, 6.07) is 0. The summed E-state index contributed by atoms with van der Waals surface area (Å²) >= 11 is 0. The van der Waals surface area contributed by atoms with Gasteiger partial charge < -0.3 is 14.8 Å². The van der Waals surface area contributed by atoms with E-state index in [2.05, 4.69) is 33.0 Å². The maximum Gasteiger partial charge on any atom is 0.0634 e. The molecule has 0 atom stereocenters. The van der Waals surface area contributed by atoms with Crippen molar-refractivity contribution in [3.63, 3.8) is 0 Å². The van der Waals surface area contributed by atoms with Gasteiger partial charge in [0.1, 0.15) is 0 Å². The monoisotopic (exact) mass is 231 g/mol. The number of hydrogen-bond acceptors (Lipinski definition) is 3. The minimum atomic E-state index is -0.00620. The number of nitrogens with one attached hydrogen (secondary N) is 1. The van der Waals surface area contributed by atoms with E-state index in [0.29, 0.717) is 6.10 Å². The highest BCUT2D eigenvalue weighted by atomic mass is 16.5. The van der Waals surface area contributed by atoms with Crippen LogP contribution < -0.4 is 5.32 Å². The first-order valence-electron chi connectivity index (χ1n) is 6.35. The molecule has 3 nitrogen and oxygen atoms in total. The third-order valence-electron chi connectivity index (χ3n) is 2.66. The molecule has 0 spiro atoms. The van der Waals surface area contributed by atoms with Crippen LogP contribution in [0.3, 0.4) is 0 Å². The molecular formula is C13H29NO2. The van der Waals surface area contributed by atoms with Crippen LogP contribution in [0, 0.1) is 0 Å². The summed E-state index contributed by atoms with van der Waals surface area (Å²) in [4.78, 5) is 0. The van der Waals surface area contributed by atoms with Gasteiger partial charge in [0, 0.05) is 13.7 Å². The summed E-state index contributed by atoms with van der Waals surface area (Å²) in [5.74, 6) is 0. The third-order valence-corrected chi connectivity index (χ3v) is 2.66. The van der Waals surface area contributed by atoms with E-state index < -0.39 is 0 Å². The van der Waals surface area contributed by atoms with Crippen molar-refractivity contribution in [3.8, 4) is 0 Å². The molecule has 0 aliphatic rings. The fourth-order valence-electron chi connectivity index (χ4n) is 1.29. The molecule has 0 saturated heterocycles. The molecule has 0 aliphatic carbocycles. The lowest BCUT2D eigenvalue weighted by molar-refractivity contribution is 0.0158.